The van der Waals surface area contributed by atoms with Gasteiger partial charge in [-0.25, -0.2) is 4.68 Å². The Morgan fingerprint density at radius 2 is 2.25 bits per heavy atom. The van der Waals surface area contributed by atoms with Crippen LogP contribution in [0.3, 0.4) is 0 Å². The van der Waals surface area contributed by atoms with Crippen LogP contribution in [0.2, 0.25) is 0 Å². The summed E-state index contributed by atoms with van der Waals surface area (Å²) in [6.07, 6.45) is 2.85. The molecule has 9 heteroatoms. The lowest BCUT2D eigenvalue weighted by Gasteiger charge is -1.93. The first-order chi connectivity index (χ1) is 9.70. The number of hydrogen-bond donors (Lipinski definition) is 1. The fraction of sp³-hybridized carbons (Fsp3) is 0.182. The molecule has 3 aromatic rings. The lowest BCUT2D eigenvalue weighted by atomic mass is 10.3. The summed E-state index contributed by atoms with van der Waals surface area (Å²) in [6.45, 7) is 0.209. The van der Waals surface area contributed by atoms with Gasteiger partial charge in [-0.05, 0) is 12.1 Å². The minimum Gasteiger partial charge on any atom is -0.481 e. The van der Waals surface area contributed by atoms with Gasteiger partial charge in [0.05, 0.1) is 18.4 Å². The van der Waals surface area contributed by atoms with E-state index in [1.54, 1.807) is 12.1 Å². The number of rotatable bonds is 5. The first kappa shape index (κ1) is 12.1. The van der Waals surface area contributed by atoms with Gasteiger partial charge >= 0.3 is 5.97 Å². The number of furan rings is 1. The van der Waals surface area contributed by atoms with Gasteiger partial charge in [0.2, 0.25) is 5.89 Å². The highest BCUT2D eigenvalue weighted by atomic mass is 16.4. The molecule has 3 heterocycles. The lowest BCUT2D eigenvalue weighted by Crippen LogP contribution is -2.01. The first-order valence-corrected chi connectivity index (χ1v) is 5.68. The van der Waals surface area contributed by atoms with Crippen LogP contribution in [-0.2, 0) is 17.8 Å². The second-order valence-electron chi connectivity index (χ2n) is 3.96. The maximum Gasteiger partial charge on any atom is 0.309 e. The molecule has 20 heavy (non-hydrogen) atoms. The van der Waals surface area contributed by atoms with E-state index in [-0.39, 0.29) is 18.9 Å². The van der Waals surface area contributed by atoms with Gasteiger partial charge in [-0.3, -0.25) is 4.79 Å². The van der Waals surface area contributed by atoms with E-state index in [9.17, 15) is 4.79 Å². The second kappa shape index (κ2) is 4.96. The average molecular weight is 275 g/mol. The van der Waals surface area contributed by atoms with Crippen molar-refractivity contribution in [3.05, 3.63) is 36.2 Å². The van der Waals surface area contributed by atoms with Crippen molar-refractivity contribution >= 4 is 5.97 Å². The van der Waals surface area contributed by atoms with E-state index in [1.807, 2.05) is 0 Å². The Balaban J connectivity index is 1.72. The topological polar surface area (TPSA) is 120 Å². The molecule has 0 aromatic carbocycles. The SMILES string of the molecule is O=C(O)Cc1cn(Cc2nnc(-c3ccco3)o2)nn1. The van der Waals surface area contributed by atoms with E-state index in [0.29, 0.717) is 17.3 Å². The quantitative estimate of drug-likeness (QED) is 0.718. The summed E-state index contributed by atoms with van der Waals surface area (Å²) >= 11 is 0. The molecule has 0 atom stereocenters. The maximum absolute atomic E-state index is 10.5. The van der Waals surface area contributed by atoms with Crippen LogP contribution in [0.25, 0.3) is 11.7 Å². The normalized spacial score (nSPS) is 10.8. The summed E-state index contributed by atoms with van der Waals surface area (Å²) in [4.78, 5) is 10.5. The Morgan fingerprint density at radius 3 is 3.00 bits per heavy atom. The van der Waals surface area contributed by atoms with Crippen molar-refractivity contribution in [2.75, 3.05) is 0 Å². The molecule has 3 rings (SSSR count). The molecule has 0 saturated heterocycles. The molecule has 9 nitrogen and oxygen atoms in total. The third kappa shape index (κ3) is 2.55. The van der Waals surface area contributed by atoms with Crippen LogP contribution in [0.15, 0.2) is 33.4 Å². The third-order valence-electron chi connectivity index (χ3n) is 2.41. The molecule has 0 radical (unpaired) electrons. The summed E-state index contributed by atoms with van der Waals surface area (Å²) in [7, 11) is 0. The minimum absolute atomic E-state index is 0.179. The standard InChI is InChI=1S/C11H9N5O4/c17-10(18)4-7-5-16(15-12-7)6-9-13-14-11(20-9)8-2-1-3-19-8/h1-3,5H,4,6H2,(H,17,18). The molecule has 0 saturated carbocycles. The Labute approximate surface area is 111 Å². The van der Waals surface area contributed by atoms with Gasteiger partial charge in [0.25, 0.3) is 5.89 Å². The Kier molecular flexibility index (Phi) is 2.99. The molecule has 0 aliphatic rings. The lowest BCUT2D eigenvalue weighted by molar-refractivity contribution is -0.136. The number of carboxylic acid groups (broad SMARTS) is 1. The number of aliphatic carboxylic acids is 1. The van der Waals surface area contributed by atoms with Crippen LogP contribution in [0.5, 0.6) is 0 Å². The van der Waals surface area contributed by atoms with Gasteiger partial charge in [0, 0.05) is 6.20 Å². The second-order valence-corrected chi connectivity index (χ2v) is 3.96. The molecule has 1 N–H and O–H groups in total. The van der Waals surface area contributed by atoms with Crippen LogP contribution in [-0.4, -0.2) is 36.3 Å². The van der Waals surface area contributed by atoms with Crippen molar-refractivity contribution in [3.8, 4) is 11.7 Å². The molecule has 0 aliphatic heterocycles. The predicted molar refractivity (Wildman–Crippen MR) is 62.5 cm³/mol. The smallest absolute Gasteiger partial charge is 0.309 e. The van der Waals surface area contributed by atoms with E-state index < -0.39 is 5.97 Å². The van der Waals surface area contributed by atoms with Crippen LogP contribution in [0, 0.1) is 0 Å². The van der Waals surface area contributed by atoms with Crippen molar-refractivity contribution in [1.82, 2.24) is 25.2 Å². The summed E-state index contributed by atoms with van der Waals surface area (Å²) in [5, 5.41) is 23.9. The fourth-order valence-electron chi connectivity index (χ4n) is 1.61. The number of nitrogens with zero attached hydrogens (tertiary/aromatic N) is 5. The van der Waals surface area contributed by atoms with Crippen molar-refractivity contribution in [1.29, 1.82) is 0 Å². The molecule has 0 unspecified atom stereocenters. The minimum atomic E-state index is -0.963. The molecule has 3 aromatic heterocycles. The van der Waals surface area contributed by atoms with Crippen LogP contribution in [0.4, 0.5) is 0 Å². The largest absolute Gasteiger partial charge is 0.481 e. The van der Waals surface area contributed by atoms with Crippen molar-refractivity contribution in [2.45, 2.75) is 13.0 Å². The highest BCUT2D eigenvalue weighted by Crippen LogP contribution is 2.17. The van der Waals surface area contributed by atoms with Gasteiger partial charge in [0.15, 0.2) is 5.76 Å². The van der Waals surface area contributed by atoms with E-state index in [2.05, 4.69) is 20.5 Å². The zero-order chi connectivity index (χ0) is 13.9. The summed E-state index contributed by atoms with van der Waals surface area (Å²) < 4.78 is 12.0. The van der Waals surface area contributed by atoms with Crippen LogP contribution >= 0.6 is 0 Å². The first-order valence-electron chi connectivity index (χ1n) is 5.68. The molecule has 0 aliphatic carbocycles. The summed E-state index contributed by atoms with van der Waals surface area (Å²) in [6, 6.07) is 3.42. The van der Waals surface area contributed by atoms with E-state index in [0.717, 1.165) is 0 Å². The highest BCUT2D eigenvalue weighted by Gasteiger charge is 2.12. The van der Waals surface area contributed by atoms with Gasteiger partial charge in [-0.2, -0.15) is 0 Å². The van der Waals surface area contributed by atoms with Gasteiger partial charge in [0.1, 0.15) is 6.54 Å². The van der Waals surface area contributed by atoms with Gasteiger partial charge in [-0.1, -0.05) is 5.21 Å². The monoisotopic (exact) mass is 275 g/mol. The van der Waals surface area contributed by atoms with Gasteiger partial charge < -0.3 is 13.9 Å². The van der Waals surface area contributed by atoms with Gasteiger partial charge in [-0.15, -0.1) is 15.3 Å². The molecule has 0 bridgehead atoms. The third-order valence-corrected chi connectivity index (χ3v) is 2.41. The zero-order valence-corrected chi connectivity index (χ0v) is 10.1. The summed E-state index contributed by atoms with van der Waals surface area (Å²) in [5.41, 5.74) is 0.364. The number of carboxylic acids is 1. The van der Waals surface area contributed by atoms with Crippen molar-refractivity contribution in [2.24, 2.45) is 0 Å². The number of aromatic nitrogens is 5. The number of hydrogen-bond acceptors (Lipinski definition) is 7. The molecule has 102 valence electrons. The number of carbonyl (C=O) groups is 1. The van der Waals surface area contributed by atoms with Crippen LogP contribution < -0.4 is 0 Å². The van der Waals surface area contributed by atoms with E-state index in [1.165, 1.54) is 17.1 Å². The zero-order valence-electron chi connectivity index (χ0n) is 10.1. The Morgan fingerprint density at radius 1 is 1.35 bits per heavy atom. The van der Waals surface area contributed by atoms with Crippen LogP contribution in [0.1, 0.15) is 11.6 Å². The van der Waals surface area contributed by atoms with Crippen molar-refractivity contribution < 1.29 is 18.7 Å². The molecule has 0 spiro atoms. The average Bonchev–Trinajstić information content (AvgIpc) is 3.09. The van der Waals surface area contributed by atoms with Crippen molar-refractivity contribution in [3.63, 3.8) is 0 Å². The Bertz CT molecular complexity index is 715. The molecule has 0 fully saturated rings. The highest BCUT2D eigenvalue weighted by molar-refractivity contribution is 5.69. The predicted octanol–water partition coefficient (Wildman–Crippen LogP) is 0.596. The molecule has 0 amide bonds. The Hall–Kier alpha value is -2.97. The summed E-state index contributed by atoms with van der Waals surface area (Å²) in [5.74, 6) is 0.114. The van der Waals surface area contributed by atoms with E-state index >= 15 is 0 Å². The fourth-order valence-corrected chi connectivity index (χ4v) is 1.61. The molecular formula is C11H9N5O4. The molecular weight excluding hydrogens is 266 g/mol. The maximum atomic E-state index is 10.5. The van der Waals surface area contributed by atoms with E-state index in [4.69, 9.17) is 13.9 Å².